The topological polar surface area (TPSA) is 52.6 Å². The Morgan fingerprint density at radius 2 is 2.26 bits per heavy atom. The van der Waals surface area contributed by atoms with Gasteiger partial charge in [0.2, 0.25) is 5.76 Å². The highest BCUT2D eigenvalue weighted by molar-refractivity contribution is 9.10. The van der Waals surface area contributed by atoms with Crippen LogP contribution in [0, 0.1) is 5.82 Å². The summed E-state index contributed by atoms with van der Waals surface area (Å²) < 4.78 is 23.7. The Hall–Kier alpha value is -1.91. The molecule has 0 saturated heterocycles. The second kappa shape index (κ2) is 5.38. The third-order valence-corrected chi connectivity index (χ3v) is 2.96. The summed E-state index contributed by atoms with van der Waals surface area (Å²) in [4.78, 5) is 22.5. The van der Waals surface area contributed by atoms with Gasteiger partial charge in [0.25, 0.3) is 0 Å². The molecule has 0 saturated carbocycles. The van der Waals surface area contributed by atoms with Gasteiger partial charge in [0.05, 0.1) is 16.7 Å². The maximum Gasteiger partial charge on any atom is 0.374 e. The minimum Gasteiger partial charge on any atom is -0.460 e. The van der Waals surface area contributed by atoms with Crippen molar-refractivity contribution >= 4 is 33.4 Å². The molecule has 0 spiro atoms. The third kappa shape index (κ3) is 2.59. The fraction of sp³-hybridized carbons (Fsp3) is 0.154. The van der Waals surface area contributed by atoms with E-state index in [1.165, 1.54) is 12.1 Å². The van der Waals surface area contributed by atoms with Crippen molar-refractivity contribution in [3.05, 3.63) is 39.8 Å². The Kier molecular flexibility index (Phi) is 3.83. The minimum absolute atomic E-state index is 0.0319. The molecule has 0 aromatic heterocycles. The predicted molar refractivity (Wildman–Crippen MR) is 68.5 cm³/mol. The molecular formula is C13H8BrFO4. The summed E-state index contributed by atoms with van der Waals surface area (Å²) in [6.45, 7) is 1.83. The lowest BCUT2D eigenvalue weighted by Crippen LogP contribution is -2.16. The second-order valence-corrected chi connectivity index (χ2v) is 4.47. The van der Waals surface area contributed by atoms with Crippen LogP contribution in [0.5, 0.6) is 5.75 Å². The number of allylic oxidation sites excluding steroid dienone is 2. The van der Waals surface area contributed by atoms with Crippen molar-refractivity contribution in [1.29, 1.82) is 0 Å². The van der Waals surface area contributed by atoms with Crippen LogP contribution in [0.2, 0.25) is 0 Å². The molecule has 0 unspecified atom stereocenters. The number of hydrogen-bond acceptors (Lipinski definition) is 4. The van der Waals surface area contributed by atoms with E-state index in [9.17, 15) is 14.0 Å². The summed E-state index contributed by atoms with van der Waals surface area (Å²) in [5.74, 6) is 0.474. The summed E-state index contributed by atoms with van der Waals surface area (Å²) in [5, 5.41) is 0. The lowest BCUT2D eigenvalue weighted by molar-refractivity contribution is -0.141. The molecule has 19 heavy (non-hydrogen) atoms. The summed E-state index contributed by atoms with van der Waals surface area (Å²) in [6.07, 6.45) is 1.18. The van der Waals surface area contributed by atoms with E-state index in [1.54, 1.807) is 12.9 Å². The van der Waals surface area contributed by atoms with Gasteiger partial charge in [0.15, 0.2) is 5.75 Å². The first-order chi connectivity index (χ1) is 9.06. The molecule has 6 heteroatoms. The zero-order valence-corrected chi connectivity index (χ0v) is 11.4. The van der Waals surface area contributed by atoms with Crippen LogP contribution < -0.4 is 4.74 Å². The molecule has 2 rings (SSSR count). The van der Waals surface area contributed by atoms with Crippen molar-refractivity contribution in [2.24, 2.45) is 0 Å². The molecule has 1 aliphatic heterocycles. The Bertz CT molecular complexity index is 630. The number of halogens is 2. The van der Waals surface area contributed by atoms with Crippen LogP contribution in [0.1, 0.15) is 12.5 Å². The third-order valence-electron chi connectivity index (χ3n) is 2.37. The Labute approximate surface area is 116 Å². The maximum absolute atomic E-state index is 13.3. The van der Waals surface area contributed by atoms with Gasteiger partial charge in [-0.15, -0.1) is 0 Å². The first-order valence-electron chi connectivity index (χ1n) is 5.38. The van der Waals surface area contributed by atoms with Crippen LogP contribution in [-0.2, 0) is 14.3 Å². The molecule has 1 heterocycles. The highest BCUT2D eigenvalue weighted by atomic mass is 79.9. The van der Waals surface area contributed by atoms with Crippen LogP contribution >= 0.6 is 15.9 Å². The van der Waals surface area contributed by atoms with Crippen LogP contribution in [0.15, 0.2) is 28.4 Å². The average molecular weight is 327 g/mol. The highest BCUT2D eigenvalue weighted by Crippen LogP contribution is 2.39. The first-order valence-corrected chi connectivity index (χ1v) is 6.17. The van der Waals surface area contributed by atoms with Gasteiger partial charge in [-0.2, -0.15) is 0 Å². The number of hydrogen-bond donors (Lipinski definition) is 0. The lowest BCUT2D eigenvalue weighted by atomic mass is 10.0. The molecular weight excluding hydrogens is 319 g/mol. The molecule has 0 radical (unpaired) electrons. The maximum atomic E-state index is 13.3. The molecule has 1 aromatic rings. The zero-order valence-electron chi connectivity index (χ0n) is 9.83. The minimum atomic E-state index is -0.697. The molecule has 0 fully saturated rings. The second-order valence-electron chi connectivity index (χ2n) is 3.61. The Balaban J connectivity index is 2.52. The molecule has 1 aromatic carbocycles. The SMILES string of the molecule is CCOC(=O)C1=CC(=C=O)c2cc(F)cc(Br)c2O1. The summed E-state index contributed by atoms with van der Waals surface area (Å²) in [7, 11) is 0. The van der Waals surface area contributed by atoms with Crippen LogP contribution in [0.25, 0.3) is 5.57 Å². The molecule has 0 amide bonds. The van der Waals surface area contributed by atoms with E-state index in [2.05, 4.69) is 15.9 Å². The van der Waals surface area contributed by atoms with E-state index >= 15 is 0 Å². The summed E-state index contributed by atoms with van der Waals surface area (Å²) in [6, 6.07) is 2.31. The van der Waals surface area contributed by atoms with Crippen LogP contribution in [0.3, 0.4) is 0 Å². The van der Waals surface area contributed by atoms with Gasteiger partial charge in [-0.05, 0) is 35.0 Å². The molecule has 0 bridgehead atoms. The normalized spacial score (nSPS) is 13.0. The van der Waals surface area contributed by atoms with E-state index in [-0.39, 0.29) is 29.3 Å². The monoisotopic (exact) mass is 326 g/mol. The quantitative estimate of drug-likeness (QED) is 0.619. The number of carbonyl (C=O) groups is 1. The van der Waals surface area contributed by atoms with E-state index in [0.29, 0.717) is 4.47 Å². The molecule has 0 N–H and O–H groups in total. The fourth-order valence-electron chi connectivity index (χ4n) is 1.60. The smallest absolute Gasteiger partial charge is 0.374 e. The van der Waals surface area contributed by atoms with Gasteiger partial charge in [0, 0.05) is 11.6 Å². The van der Waals surface area contributed by atoms with E-state index < -0.39 is 11.8 Å². The largest absolute Gasteiger partial charge is 0.460 e. The van der Waals surface area contributed by atoms with Crippen molar-refractivity contribution in [3.8, 4) is 5.75 Å². The van der Waals surface area contributed by atoms with Gasteiger partial charge in [-0.3, -0.25) is 0 Å². The van der Waals surface area contributed by atoms with Gasteiger partial charge in [-0.25, -0.2) is 14.0 Å². The molecule has 98 valence electrons. The molecule has 1 aliphatic rings. The average Bonchev–Trinajstić information content (AvgIpc) is 2.38. The Morgan fingerprint density at radius 1 is 1.53 bits per heavy atom. The van der Waals surface area contributed by atoms with Gasteiger partial charge < -0.3 is 9.47 Å². The zero-order chi connectivity index (χ0) is 14.0. The molecule has 0 aliphatic carbocycles. The lowest BCUT2D eigenvalue weighted by Gasteiger charge is -2.18. The summed E-state index contributed by atoms with van der Waals surface area (Å²) in [5.41, 5.74) is 0.263. The first kappa shape index (κ1) is 13.5. The van der Waals surface area contributed by atoms with Crippen LogP contribution in [-0.4, -0.2) is 18.5 Å². The van der Waals surface area contributed by atoms with E-state index in [1.807, 2.05) is 0 Å². The Morgan fingerprint density at radius 3 is 2.89 bits per heavy atom. The molecule has 4 nitrogen and oxygen atoms in total. The number of benzene rings is 1. The molecule has 0 atom stereocenters. The van der Waals surface area contributed by atoms with Gasteiger partial charge in [0.1, 0.15) is 11.8 Å². The van der Waals surface area contributed by atoms with Gasteiger partial charge >= 0.3 is 5.97 Å². The van der Waals surface area contributed by atoms with Crippen molar-refractivity contribution in [1.82, 2.24) is 0 Å². The number of esters is 1. The van der Waals surface area contributed by atoms with Crippen LogP contribution in [0.4, 0.5) is 4.39 Å². The predicted octanol–water partition coefficient (Wildman–Crippen LogP) is 2.64. The van der Waals surface area contributed by atoms with E-state index in [4.69, 9.17) is 9.47 Å². The van der Waals surface area contributed by atoms with Crippen molar-refractivity contribution in [2.75, 3.05) is 6.61 Å². The number of ether oxygens (including phenoxy) is 2. The van der Waals surface area contributed by atoms with E-state index in [0.717, 1.165) is 6.07 Å². The van der Waals surface area contributed by atoms with Crippen molar-refractivity contribution in [3.63, 3.8) is 0 Å². The fourth-order valence-corrected chi connectivity index (χ4v) is 2.11. The number of fused-ring (bicyclic) bond motifs is 1. The summed E-state index contributed by atoms with van der Waals surface area (Å²) >= 11 is 3.12. The standard InChI is InChI=1S/C13H8BrFO4/c1-2-18-13(17)11-3-7(6-16)9-4-8(15)5-10(14)12(9)19-11/h3-5H,2H2,1H3. The van der Waals surface area contributed by atoms with Crippen molar-refractivity contribution in [2.45, 2.75) is 6.92 Å². The van der Waals surface area contributed by atoms with Gasteiger partial charge in [-0.1, -0.05) is 0 Å². The number of carbonyl (C=O) groups excluding carboxylic acids is 2. The van der Waals surface area contributed by atoms with Crippen molar-refractivity contribution < 1.29 is 23.5 Å². The highest BCUT2D eigenvalue weighted by Gasteiger charge is 2.25. The number of rotatable bonds is 2.